The third-order valence-electron chi connectivity index (χ3n) is 2.55. The van der Waals surface area contributed by atoms with Gasteiger partial charge < -0.3 is 9.73 Å². The molecular formula is C11H20N2O. The summed E-state index contributed by atoms with van der Waals surface area (Å²) in [5.74, 6) is 2.81. The van der Waals surface area contributed by atoms with Crippen molar-refractivity contribution in [3.05, 3.63) is 17.8 Å². The predicted octanol–water partition coefficient (Wildman–Crippen LogP) is 2.54. The Balaban J connectivity index is 2.58. The molecule has 1 aromatic rings. The van der Waals surface area contributed by atoms with E-state index in [9.17, 15) is 0 Å². The number of oxazole rings is 1. The summed E-state index contributed by atoms with van der Waals surface area (Å²) in [5.41, 5.74) is 0. The van der Waals surface area contributed by atoms with Crippen LogP contribution in [0.5, 0.6) is 0 Å². The lowest BCUT2D eigenvalue weighted by Crippen LogP contribution is -2.11. The molecule has 1 heterocycles. The van der Waals surface area contributed by atoms with Gasteiger partial charge in [-0.3, -0.25) is 0 Å². The van der Waals surface area contributed by atoms with E-state index in [1.165, 1.54) is 0 Å². The molecule has 14 heavy (non-hydrogen) atoms. The number of hydrogen-bond acceptors (Lipinski definition) is 3. The van der Waals surface area contributed by atoms with Crippen molar-refractivity contribution < 1.29 is 4.42 Å². The van der Waals surface area contributed by atoms with Gasteiger partial charge in [0.05, 0.1) is 12.7 Å². The van der Waals surface area contributed by atoms with Gasteiger partial charge in [0.2, 0.25) is 5.89 Å². The van der Waals surface area contributed by atoms with Crippen LogP contribution in [-0.4, -0.2) is 11.5 Å². The van der Waals surface area contributed by atoms with E-state index in [0.717, 1.165) is 24.7 Å². The van der Waals surface area contributed by atoms with Crippen LogP contribution in [0.15, 0.2) is 10.6 Å². The fraction of sp³-hybridized carbons (Fsp3) is 0.727. The lowest BCUT2D eigenvalue weighted by atomic mass is 9.96. The minimum Gasteiger partial charge on any atom is -0.444 e. The molecule has 0 spiro atoms. The zero-order valence-electron chi connectivity index (χ0n) is 9.50. The van der Waals surface area contributed by atoms with Crippen LogP contribution in [0.3, 0.4) is 0 Å². The maximum atomic E-state index is 5.64. The van der Waals surface area contributed by atoms with Crippen LogP contribution >= 0.6 is 0 Å². The summed E-state index contributed by atoms with van der Waals surface area (Å²) in [7, 11) is 0. The molecule has 3 nitrogen and oxygen atoms in total. The Hall–Kier alpha value is -0.830. The van der Waals surface area contributed by atoms with Gasteiger partial charge >= 0.3 is 0 Å². The van der Waals surface area contributed by atoms with E-state index >= 15 is 0 Å². The molecule has 80 valence electrons. The van der Waals surface area contributed by atoms with Crippen molar-refractivity contribution in [3.8, 4) is 0 Å². The van der Waals surface area contributed by atoms with Crippen LogP contribution in [-0.2, 0) is 6.54 Å². The van der Waals surface area contributed by atoms with Crippen LogP contribution in [0.1, 0.15) is 45.3 Å². The van der Waals surface area contributed by atoms with Gasteiger partial charge in [-0.2, -0.15) is 0 Å². The quantitative estimate of drug-likeness (QED) is 0.786. The highest BCUT2D eigenvalue weighted by Crippen LogP contribution is 2.23. The summed E-state index contributed by atoms with van der Waals surface area (Å²) in [6, 6.07) is 0. The lowest BCUT2D eigenvalue weighted by molar-refractivity contribution is 0.383. The second-order valence-corrected chi connectivity index (χ2v) is 3.97. The van der Waals surface area contributed by atoms with E-state index in [0.29, 0.717) is 11.8 Å². The molecule has 1 atom stereocenters. The number of nitrogens with zero attached hydrogens (tertiary/aromatic N) is 1. The van der Waals surface area contributed by atoms with Crippen LogP contribution < -0.4 is 5.32 Å². The summed E-state index contributed by atoms with van der Waals surface area (Å²) >= 11 is 0. The van der Waals surface area contributed by atoms with E-state index in [1.807, 2.05) is 6.20 Å². The normalized spacial score (nSPS) is 13.5. The highest BCUT2D eigenvalue weighted by molar-refractivity contribution is 5.01. The minimum atomic E-state index is 0.442. The van der Waals surface area contributed by atoms with Gasteiger partial charge in [0, 0.05) is 5.92 Å². The fourth-order valence-electron chi connectivity index (χ4n) is 1.18. The topological polar surface area (TPSA) is 38.1 Å². The Kier molecular flexibility index (Phi) is 4.14. The monoisotopic (exact) mass is 196 g/mol. The summed E-state index contributed by atoms with van der Waals surface area (Å²) in [4.78, 5) is 4.23. The van der Waals surface area contributed by atoms with Gasteiger partial charge in [0.25, 0.3) is 0 Å². The number of hydrogen-bond donors (Lipinski definition) is 1. The molecule has 3 heteroatoms. The summed E-state index contributed by atoms with van der Waals surface area (Å²) in [6.45, 7) is 10.3. The Morgan fingerprint density at radius 2 is 2.14 bits per heavy atom. The van der Waals surface area contributed by atoms with Crippen LogP contribution in [0.4, 0.5) is 0 Å². The molecule has 1 aromatic heterocycles. The SMILES string of the molecule is CCNCc1ncc(C(C)C(C)C)o1. The third kappa shape index (κ3) is 2.84. The first-order valence-corrected chi connectivity index (χ1v) is 5.30. The largest absolute Gasteiger partial charge is 0.444 e. The lowest BCUT2D eigenvalue weighted by Gasteiger charge is -2.11. The maximum Gasteiger partial charge on any atom is 0.208 e. The molecule has 0 amide bonds. The van der Waals surface area contributed by atoms with Gasteiger partial charge in [0.15, 0.2) is 0 Å². The van der Waals surface area contributed by atoms with E-state index in [1.54, 1.807) is 0 Å². The molecule has 0 saturated carbocycles. The van der Waals surface area contributed by atoms with Gasteiger partial charge in [0.1, 0.15) is 5.76 Å². The Morgan fingerprint density at radius 3 is 2.71 bits per heavy atom. The van der Waals surface area contributed by atoms with Crippen molar-refractivity contribution in [3.63, 3.8) is 0 Å². The Bertz CT molecular complexity index is 268. The Morgan fingerprint density at radius 1 is 1.43 bits per heavy atom. The molecule has 0 fully saturated rings. The zero-order valence-corrected chi connectivity index (χ0v) is 9.50. The van der Waals surface area contributed by atoms with Crippen molar-refractivity contribution in [1.29, 1.82) is 0 Å². The second kappa shape index (κ2) is 5.15. The molecular weight excluding hydrogens is 176 g/mol. The van der Waals surface area contributed by atoms with E-state index < -0.39 is 0 Å². The smallest absolute Gasteiger partial charge is 0.208 e. The molecule has 0 aliphatic heterocycles. The average molecular weight is 196 g/mol. The van der Waals surface area contributed by atoms with Crippen molar-refractivity contribution in [2.45, 2.75) is 40.2 Å². The first kappa shape index (κ1) is 11.2. The molecule has 0 saturated heterocycles. The van der Waals surface area contributed by atoms with Crippen molar-refractivity contribution in [2.75, 3.05) is 6.54 Å². The minimum absolute atomic E-state index is 0.442. The highest BCUT2D eigenvalue weighted by Gasteiger charge is 2.14. The second-order valence-electron chi connectivity index (χ2n) is 3.97. The molecule has 0 aromatic carbocycles. The van der Waals surface area contributed by atoms with Gasteiger partial charge in [-0.1, -0.05) is 27.7 Å². The summed E-state index contributed by atoms with van der Waals surface area (Å²) in [6.07, 6.45) is 1.84. The average Bonchev–Trinajstić information content (AvgIpc) is 2.61. The molecule has 1 rings (SSSR count). The number of rotatable bonds is 5. The summed E-state index contributed by atoms with van der Waals surface area (Å²) < 4.78 is 5.64. The van der Waals surface area contributed by atoms with Gasteiger partial charge in [-0.15, -0.1) is 0 Å². The standard InChI is InChI=1S/C11H20N2O/c1-5-12-7-11-13-6-10(14-11)9(4)8(2)3/h6,8-9,12H,5,7H2,1-4H3. The number of aromatic nitrogens is 1. The molecule has 1 N–H and O–H groups in total. The molecule has 0 aliphatic carbocycles. The molecule has 0 bridgehead atoms. The van der Waals surface area contributed by atoms with Crippen LogP contribution in [0.25, 0.3) is 0 Å². The van der Waals surface area contributed by atoms with Crippen molar-refractivity contribution in [2.24, 2.45) is 5.92 Å². The fourth-order valence-corrected chi connectivity index (χ4v) is 1.18. The van der Waals surface area contributed by atoms with Crippen molar-refractivity contribution >= 4 is 0 Å². The van der Waals surface area contributed by atoms with E-state index in [4.69, 9.17) is 4.42 Å². The maximum absolute atomic E-state index is 5.64. The van der Waals surface area contributed by atoms with Crippen LogP contribution in [0.2, 0.25) is 0 Å². The molecule has 0 radical (unpaired) electrons. The van der Waals surface area contributed by atoms with Crippen molar-refractivity contribution in [1.82, 2.24) is 10.3 Å². The van der Waals surface area contributed by atoms with Gasteiger partial charge in [-0.25, -0.2) is 4.98 Å². The molecule has 0 aliphatic rings. The van der Waals surface area contributed by atoms with Gasteiger partial charge in [-0.05, 0) is 12.5 Å². The predicted molar refractivity (Wildman–Crippen MR) is 57.1 cm³/mol. The van der Waals surface area contributed by atoms with E-state index in [2.05, 4.69) is 38.0 Å². The third-order valence-corrected chi connectivity index (χ3v) is 2.55. The zero-order chi connectivity index (χ0) is 10.6. The van der Waals surface area contributed by atoms with E-state index in [-0.39, 0.29) is 0 Å². The summed E-state index contributed by atoms with van der Waals surface area (Å²) in [5, 5.41) is 3.19. The van der Waals surface area contributed by atoms with Crippen LogP contribution in [0, 0.1) is 5.92 Å². The first-order chi connectivity index (χ1) is 6.65. The number of nitrogens with one attached hydrogen (secondary N) is 1. The molecule has 1 unspecified atom stereocenters. The highest BCUT2D eigenvalue weighted by atomic mass is 16.4. The Labute approximate surface area is 85.9 Å². The first-order valence-electron chi connectivity index (χ1n) is 5.30.